The first-order chi connectivity index (χ1) is 8.32. The number of rotatable bonds is 5. The van der Waals surface area contributed by atoms with Crippen LogP contribution in [0.4, 0.5) is 5.69 Å². The number of nitro benzene ring substituents is 1. The molecule has 100 valence electrons. The Morgan fingerprint density at radius 3 is 2.56 bits per heavy atom. The maximum atomic E-state index is 12.2. The smallest absolute Gasteiger partial charge is 0.258 e. The molecular weight excluding hydrogens is 324 g/mol. The van der Waals surface area contributed by atoms with Crippen molar-refractivity contribution in [2.75, 3.05) is 18.9 Å². The van der Waals surface area contributed by atoms with E-state index >= 15 is 0 Å². The lowest BCUT2D eigenvalue weighted by molar-refractivity contribution is -0.385. The predicted molar refractivity (Wildman–Crippen MR) is 71.4 cm³/mol. The molecule has 1 rings (SSSR count). The number of sulfonamides is 1. The Hall–Kier alpha value is -0.990. The first kappa shape index (κ1) is 15.1. The molecule has 0 N–H and O–H groups in total. The standard InChI is InChI=1S/C10H13BrN2O4S/c1-8-9(13(14)15)4-3-5-10(8)18(16,17)12(2)7-6-11/h3-5H,6-7H2,1-2H3. The minimum Gasteiger partial charge on any atom is -0.258 e. The zero-order valence-corrected chi connectivity index (χ0v) is 12.4. The van der Waals surface area contributed by atoms with Gasteiger partial charge in [0.2, 0.25) is 10.0 Å². The zero-order chi connectivity index (χ0) is 13.9. The average molecular weight is 337 g/mol. The van der Waals surface area contributed by atoms with Gasteiger partial charge in [-0.25, -0.2) is 12.7 Å². The van der Waals surface area contributed by atoms with Crippen LogP contribution in [0.15, 0.2) is 23.1 Å². The van der Waals surface area contributed by atoms with E-state index < -0.39 is 14.9 Å². The largest absolute Gasteiger partial charge is 0.273 e. The quantitative estimate of drug-likeness (QED) is 0.467. The molecule has 0 aliphatic carbocycles. The van der Waals surface area contributed by atoms with E-state index in [4.69, 9.17) is 0 Å². The third-order valence-corrected chi connectivity index (χ3v) is 4.90. The molecule has 0 saturated heterocycles. The molecule has 0 fully saturated rings. The van der Waals surface area contributed by atoms with E-state index in [1.54, 1.807) is 0 Å². The highest BCUT2D eigenvalue weighted by Gasteiger charge is 2.26. The third-order valence-electron chi connectivity index (χ3n) is 2.54. The maximum Gasteiger partial charge on any atom is 0.273 e. The van der Waals surface area contributed by atoms with Gasteiger partial charge in [0, 0.05) is 30.6 Å². The normalized spacial score (nSPS) is 11.8. The molecule has 0 amide bonds. The number of hydrogen-bond acceptors (Lipinski definition) is 4. The molecule has 0 radical (unpaired) electrons. The van der Waals surface area contributed by atoms with Crippen molar-refractivity contribution in [2.24, 2.45) is 0 Å². The fourth-order valence-electron chi connectivity index (χ4n) is 1.49. The van der Waals surface area contributed by atoms with Crippen molar-refractivity contribution >= 4 is 31.6 Å². The fraction of sp³-hybridized carbons (Fsp3) is 0.400. The molecule has 0 bridgehead atoms. The van der Waals surface area contributed by atoms with Crippen LogP contribution in [0.5, 0.6) is 0 Å². The van der Waals surface area contributed by atoms with Crippen molar-refractivity contribution in [1.29, 1.82) is 0 Å². The molecule has 18 heavy (non-hydrogen) atoms. The summed E-state index contributed by atoms with van der Waals surface area (Å²) < 4.78 is 25.6. The predicted octanol–water partition coefficient (Wildman–Crippen LogP) is 1.92. The number of halogens is 1. The molecule has 0 spiro atoms. The number of nitrogens with zero attached hydrogens (tertiary/aromatic N) is 2. The minimum absolute atomic E-state index is 0.0276. The zero-order valence-electron chi connectivity index (χ0n) is 9.96. The Kier molecular flexibility index (Phi) is 4.83. The summed E-state index contributed by atoms with van der Waals surface area (Å²) in [6, 6.07) is 4.04. The SMILES string of the molecule is Cc1c([N+](=O)[O-])cccc1S(=O)(=O)N(C)CCBr. The van der Waals surface area contributed by atoms with Crippen LogP contribution in [0.2, 0.25) is 0 Å². The summed E-state index contributed by atoms with van der Waals surface area (Å²) in [5.41, 5.74) is -0.0350. The van der Waals surface area contributed by atoms with E-state index in [1.807, 2.05) is 0 Å². The van der Waals surface area contributed by atoms with Crippen LogP contribution in [0.25, 0.3) is 0 Å². The summed E-state index contributed by atoms with van der Waals surface area (Å²) in [7, 11) is -2.25. The van der Waals surface area contributed by atoms with Gasteiger partial charge in [-0.2, -0.15) is 0 Å². The molecular formula is C10H13BrN2O4S. The second-order valence-corrected chi connectivity index (χ2v) is 6.48. The maximum absolute atomic E-state index is 12.2. The van der Waals surface area contributed by atoms with Crippen LogP contribution >= 0.6 is 15.9 Å². The molecule has 0 aromatic heterocycles. The molecule has 6 nitrogen and oxygen atoms in total. The van der Waals surface area contributed by atoms with Gasteiger partial charge in [0.25, 0.3) is 5.69 Å². The van der Waals surface area contributed by atoms with Crippen LogP contribution in [-0.2, 0) is 10.0 Å². The number of hydrogen-bond donors (Lipinski definition) is 0. The summed E-state index contributed by atoms with van der Waals surface area (Å²) in [5.74, 6) is 0. The Labute approximate surface area is 114 Å². The first-order valence-electron chi connectivity index (χ1n) is 5.08. The second-order valence-electron chi connectivity index (χ2n) is 3.67. The van der Waals surface area contributed by atoms with Gasteiger partial charge < -0.3 is 0 Å². The van der Waals surface area contributed by atoms with Gasteiger partial charge in [0.05, 0.1) is 9.82 Å². The Bertz CT molecular complexity index is 559. The lowest BCUT2D eigenvalue weighted by Crippen LogP contribution is -2.29. The van der Waals surface area contributed by atoms with E-state index in [0.29, 0.717) is 11.9 Å². The van der Waals surface area contributed by atoms with Crippen LogP contribution < -0.4 is 0 Å². The van der Waals surface area contributed by atoms with E-state index in [1.165, 1.54) is 32.2 Å². The Balaban J connectivity index is 3.34. The van der Waals surface area contributed by atoms with Gasteiger partial charge in [-0.1, -0.05) is 22.0 Å². The third kappa shape index (κ3) is 2.88. The van der Waals surface area contributed by atoms with Crippen LogP contribution in [-0.4, -0.2) is 36.6 Å². The summed E-state index contributed by atoms with van der Waals surface area (Å²) in [5, 5.41) is 11.3. The molecule has 0 heterocycles. The fourth-order valence-corrected chi connectivity index (χ4v) is 3.66. The second kappa shape index (κ2) is 5.77. The molecule has 0 aliphatic rings. The molecule has 0 unspecified atom stereocenters. The van der Waals surface area contributed by atoms with Crippen molar-refractivity contribution in [3.8, 4) is 0 Å². The average Bonchev–Trinajstić information content (AvgIpc) is 2.28. The number of benzene rings is 1. The number of nitro groups is 1. The van der Waals surface area contributed by atoms with E-state index in [2.05, 4.69) is 15.9 Å². The molecule has 0 atom stereocenters. The Morgan fingerprint density at radius 1 is 1.44 bits per heavy atom. The molecule has 0 aliphatic heterocycles. The van der Waals surface area contributed by atoms with Crippen molar-refractivity contribution < 1.29 is 13.3 Å². The van der Waals surface area contributed by atoms with E-state index in [0.717, 1.165) is 4.31 Å². The van der Waals surface area contributed by atoms with Crippen molar-refractivity contribution in [1.82, 2.24) is 4.31 Å². The molecule has 8 heteroatoms. The van der Waals surface area contributed by atoms with Gasteiger partial charge in [0.1, 0.15) is 0 Å². The molecule has 0 saturated carbocycles. The van der Waals surface area contributed by atoms with Crippen LogP contribution in [0, 0.1) is 17.0 Å². The Morgan fingerprint density at radius 2 is 2.06 bits per heavy atom. The topological polar surface area (TPSA) is 80.5 Å². The van der Waals surface area contributed by atoms with Gasteiger partial charge in [-0.3, -0.25) is 10.1 Å². The minimum atomic E-state index is -3.69. The lowest BCUT2D eigenvalue weighted by atomic mass is 10.2. The first-order valence-corrected chi connectivity index (χ1v) is 7.65. The highest BCUT2D eigenvalue weighted by molar-refractivity contribution is 9.09. The summed E-state index contributed by atoms with van der Waals surface area (Å²) in [4.78, 5) is 10.2. The summed E-state index contributed by atoms with van der Waals surface area (Å²) >= 11 is 3.16. The van der Waals surface area contributed by atoms with E-state index in [-0.39, 0.29) is 16.1 Å². The monoisotopic (exact) mass is 336 g/mol. The number of alkyl halides is 1. The summed E-state index contributed by atoms with van der Waals surface area (Å²) in [6.45, 7) is 1.73. The van der Waals surface area contributed by atoms with Gasteiger partial charge >= 0.3 is 0 Å². The molecule has 1 aromatic rings. The highest BCUT2D eigenvalue weighted by atomic mass is 79.9. The van der Waals surface area contributed by atoms with Crippen LogP contribution in [0.3, 0.4) is 0 Å². The van der Waals surface area contributed by atoms with Gasteiger partial charge in [0.15, 0.2) is 0 Å². The highest BCUT2D eigenvalue weighted by Crippen LogP contribution is 2.26. The molecule has 1 aromatic carbocycles. The van der Waals surface area contributed by atoms with Crippen LogP contribution in [0.1, 0.15) is 5.56 Å². The van der Waals surface area contributed by atoms with Gasteiger partial charge in [-0.15, -0.1) is 0 Å². The van der Waals surface area contributed by atoms with E-state index in [9.17, 15) is 18.5 Å². The van der Waals surface area contributed by atoms with Crippen molar-refractivity contribution in [3.63, 3.8) is 0 Å². The lowest BCUT2D eigenvalue weighted by Gasteiger charge is -2.17. The van der Waals surface area contributed by atoms with Crippen molar-refractivity contribution in [3.05, 3.63) is 33.9 Å². The summed E-state index contributed by atoms with van der Waals surface area (Å²) in [6.07, 6.45) is 0. The van der Waals surface area contributed by atoms with Crippen molar-refractivity contribution in [2.45, 2.75) is 11.8 Å². The van der Waals surface area contributed by atoms with Gasteiger partial charge in [-0.05, 0) is 13.0 Å².